The van der Waals surface area contributed by atoms with E-state index in [9.17, 15) is 29.1 Å². The molecular weight excluding hydrogens is 430 g/mol. The first-order valence-electron chi connectivity index (χ1n) is 9.39. The van der Waals surface area contributed by atoms with Gasteiger partial charge >= 0.3 is 29.8 Å². The molecular formula is C20H30NO11+. The molecule has 1 atom stereocenters. The molecule has 0 spiro atoms. The summed E-state index contributed by atoms with van der Waals surface area (Å²) in [6.45, 7) is -0.731. The molecule has 0 bridgehead atoms. The van der Waals surface area contributed by atoms with E-state index >= 15 is 0 Å². The first-order valence-corrected chi connectivity index (χ1v) is 9.39. The Labute approximate surface area is 185 Å². The summed E-state index contributed by atoms with van der Waals surface area (Å²) < 4.78 is 24.0. The first-order chi connectivity index (χ1) is 14.9. The Bertz CT molecular complexity index is 680. The second kappa shape index (κ2) is 14.7. The largest absolute Gasteiger partial charge is 0.466 e. The molecule has 0 aromatic rings. The van der Waals surface area contributed by atoms with Crippen molar-refractivity contribution in [2.75, 3.05) is 55.1 Å². The number of nitrogens with zero attached hydrogens (tertiary/aromatic N) is 1. The zero-order chi connectivity index (χ0) is 24.7. The molecule has 0 aromatic carbocycles. The number of esters is 5. The van der Waals surface area contributed by atoms with Crippen LogP contribution in [0, 0.1) is 0 Å². The fraction of sp³-hybridized carbons (Fsp3) is 0.550. The van der Waals surface area contributed by atoms with E-state index in [2.05, 4.69) is 9.47 Å². The molecule has 12 heteroatoms. The van der Waals surface area contributed by atoms with E-state index in [0.717, 1.165) is 38.5 Å². The quantitative estimate of drug-likeness (QED) is 0.154. The van der Waals surface area contributed by atoms with Crippen LogP contribution in [0.3, 0.4) is 0 Å². The summed E-state index contributed by atoms with van der Waals surface area (Å²) in [5.74, 6) is -4.22. The number of hydrogen-bond acceptors (Lipinski definition) is 11. The number of hydrogen-bond donors (Lipinski definition) is 1. The van der Waals surface area contributed by atoms with Gasteiger partial charge in [0.25, 0.3) is 0 Å². The molecule has 0 unspecified atom stereocenters. The van der Waals surface area contributed by atoms with Gasteiger partial charge in [-0.25, -0.2) is 19.2 Å². The minimum atomic E-state index is -1.20. The third-order valence-corrected chi connectivity index (χ3v) is 3.40. The highest BCUT2D eigenvalue weighted by Gasteiger charge is 2.23. The minimum Gasteiger partial charge on any atom is -0.466 e. The van der Waals surface area contributed by atoms with Crippen LogP contribution in [-0.2, 0) is 47.7 Å². The Kier molecular flexibility index (Phi) is 13.2. The third-order valence-electron chi connectivity index (χ3n) is 3.40. The lowest BCUT2D eigenvalue weighted by molar-refractivity contribution is -0.873. The molecule has 0 heterocycles. The number of likely N-dealkylation sites (N-methyl/N-ethyl adjacent to an activating group) is 1. The van der Waals surface area contributed by atoms with E-state index in [1.807, 2.05) is 21.1 Å². The molecule has 1 N–H and O–H groups in total. The second-order valence-corrected chi connectivity index (χ2v) is 7.42. The summed E-state index contributed by atoms with van der Waals surface area (Å²) in [4.78, 5) is 57.5. The zero-order valence-electron chi connectivity index (χ0n) is 18.8. The van der Waals surface area contributed by atoms with Gasteiger partial charge in [-0.15, -0.1) is 0 Å². The van der Waals surface area contributed by atoms with Gasteiger partial charge in [0.2, 0.25) is 0 Å². The van der Waals surface area contributed by atoms with Crippen LogP contribution in [0.2, 0.25) is 0 Å². The van der Waals surface area contributed by atoms with Crippen LogP contribution >= 0.6 is 0 Å². The maximum Gasteiger partial charge on any atom is 0.331 e. The zero-order valence-corrected chi connectivity index (χ0v) is 18.8. The molecule has 0 fully saturated rings. The monoisotopic (exact) mass is 460 g/mol. The number of carbonyl (C=O) groups is 5. The van der Waals surface area contributed by atoms with E-state index in [4.69, 9.17) is 14.2 Å². The van der Waals surface area contributed by atoms with Crippen molar-refractivity contribution in [3.05, 3.63) is 24.3 Å². The number of aliphatic hydroxyl groups is 1. The smallest absolute Gasteiger partial charge is 0.331 e. The lowest BCUT2D eigenvalue weighted by Gasteiger charge is -2.26. The van der Waals surface area contributed by atoms with Crippen molar-refractivity contribution >= 4 is 29.8 Å². The van der Waals surface area contributed by atoms with Crippen LogP contribution in [0.1, 0.15) is 6.42 Å². The minimum absolute atomic E-state index is 0.278. The van der Waals surface area contributed by atoms with Crippen LogP contribution < -0.4 is 0 Å². The summed E-state index contributed by atoms with van der Waals surface area (Å²) >= 11 is 0. The number of carbonyl (C=O) groups excluding carboxylic acids is 5. The van der Waals surface area contributed by atoms with Crippen LogP contribution in [0.4, 0.5) is 0 Å². The van der Waals surface area contributed by atoms with Gasteiger partial charge in [0.15, 0.2) is 6.10 Å². The maximum absolute atomic E-state index is 12.1. The molecule has 180 valence electrons. The van der Waals surface area contributed by atoms with Crippen molar-refractivity contribution in [2.45, 2.75) is 18.6 Å². The van der Waals surface area contributed by atoms with Crippen LogP contribution in [-0.4, -0.2) is 107 Å². The van der Waals surface area contributed by atoms with Crippen molar-refractivity contribution in [2.24, 2.45) is 0 Å². The van der Waals surface area contributed by atoms with E-state index in [-0.39, 0.29) is 13.0 Å². The van der Waals surface area contributed by atoms with Gasteiger partial charge < -0.3 is 33.3 Å². The molecule has 0 aromatic heterocycles. The number of aliphatic hydroxyl groups excluding tert-OH is 1. The fourth-order valence-corrected chi connectivity index (χ4v) is 2.09. The molecule has 0 radical (unpaired) electrons. The lowest BCUT2D eigenvalue weighted by atomic mass is 10.2. The van der Waals surface area contributed by atoms with Gasteiger partial charge in [-0.3, -0.25) is 4.79 Å². The molecule has 0 aliphatic heterocycles. The van der Waals surface area contributed by atoms with Gasteiger partial charge in [0.1, 0.15) is 25.9 Å². The van der Waals surface area contributed by atoms with E-state index in [1.54, 1.807) is 0 Å². The number of quaternary nitrogens is 1. The van der Waals surface area contributed by atoms with Crippen molar-refractivity contribution in [1.29, 1.82) is 0 Å². The Hall–Kier alpha value is -3.25. The molecule has 12 nitrogen and oxygen atoms in total. The Morgan fingerprint density at radius 3 is 1.56 bits per heavy atom. The van der Waals surface area contributed by atoms with E-state index in [1.165, 1.54) is 0 Å². The molecule has 0 rings (SSSR count). The van der Waals surface area contributed by atoms with E-state index < -0.39 is 55.3 Å². The average Bonchev–Trinajstić information content (AvgIpc) is 2.70. The van der Waals surface area contributed by atoms with Gasteiger partial charge in [0.05, 0.1) is 41.8 Å². The lowest BCUT2D eigenvalue weighted by Crippen LogP contribution is -2.42. The highest BCUT2D eigenvalue weighted by molar-refractivity contribution is 5.92. The van der Waals surface area contributed by atoms with Gasteiger partial charge in [0, 0.05) is 24.3 Å². The van der Waals surface area contributed by atoms with Gasteiger partial charge in [-0.1, -0.05) is 0 Å². The highest BCUT2D eigenvalue weighted by atomic mass is 16.6. The predicted molar refractivity (Wildman–Crippen MR) is 108 cm³/mol. The van der Waals surface area contributed by atoms with Crippen molar-refractivity contribution in [1.82, 2.24) is 0 Å². The van der Waals surface area contributed by atoms with Crippen molar-refractivity contribution < 1.29 is 57.2 Å². The average molecular weight is 460 g/mol. The van der Waals surface area contributed by atoms with Crippen LogP contribution in [0.15, 0.2) is 24.3 Å². The number of ether oxygens (including phenoxy) is 5. The van der Waals surface area contributed by atoms with Gasteiger partial charge in [-0.2, -0.15) is 0 Å². The Morgan fingerprint density at radius 2 is 1.19 bits per heavy atom. The highest BCUT2D eigenvalue weighted by Crippen LogP contribution is 2.05. The maximum atomic E-state index is 12.1. The summed E-state index contributed by atoms with van der Waals surface area (Å²) in [6.07, 6.45) is 0.758. The number of methoxy groups -OCH3 is 2. The number of rotatable bonds is 13. The van der Waals surface area contributed by atoms with Gasteiger partial charge in [-0.05, 0) is 0 Å². The third kappa shape index (κ3) is 15.6. The SMILES string of the molecule is COC(=O)/C=C/C(=O)OCC(COC(=O)/C=C/C(=O)OC)OC(=O)C[C@@H](O)C[N+](C)(C)C. The van der Waals surface area contributed by atoms with E-state index in [0.29, 0.717) is 4.48 Å². The standard InChI is InChI=1S/C20H30NO11/c1-21(2,3)11-14(22)10-20(27)32-15(12-30-18(25)8-6-16(23)28-4)13-31-19(26)9-7-17(24)29-5/h6-9,14-15,22H,10-13H2,1-5H3/q+1/b8-6+,9-7+/t14-/m1/s1. The molecule has 0 amide bonds. The van der Waals surface area contributed by atoms with Crippen LogP contribution in [0.25, 0.3) is 0 Å². The van der Waals surface area contributed by atoms with Crippen molar-refractivity contribution in [3.63, 3.8) is 0 Å². The van der Waals surface area contributed by atoms with Crippen molar-refractivity contribution in [3.8, 4) is 0 Å². The first kappa shape index (κ1) is 28.8. The molecule has 0 aliphatic carbocycles. The Morgan fingerprint density at radius 1 is 0.781 bits per heavy atom. The summed E-state index contributed by atoms with van der Waals surface area (Å²) in [7, 11) is 7.76. The summed E-state index contributed by atoms with van der Waals surface area (Å²) in [5, 5.41) is 10.0. The fourth-order valence-electron chi connectivity index (χ4n) is 2.09. The molecule has 0 saturated carbocycles. The summed E-state index contributed by atoms with van der Waals surface area (Å²) in [5.41, 5.74) is 0. The second-order valence-electron chi connectivity index (χ2n) is 7.42. The van der Waals surface area contributed by atoms with Crippen LogP contribution in [0.5, 0.6) is 0 Å². The molecule has 0 saturated heterocycles. The predicted octanol–water partition coefficient (Wildman–Crippen LogP) is -1.10. The summed E-state index contributed by atoms with van der Waals surface area (Å²) in [6, 6.07) is 0. The molecule has 0 aliphatic rings. The molecule has 32 heavy (non-hydrogen) atoms. The normalized spacial score (nSPS) is 12.5. The Balaban J connectivity index is 4.95. The topological polar surface area (TPSA) is 152 Å².